The van der Waals surface area contributed by atoms with Gasteiger partial charge in [0.05, 0.1) is 12.1 Å². The van der Waals surface area contributed by atoms with Crippen molar-refractivity contribution < 1.29 is 12.3 Å². The molecule has 2 heterocycles. The van der Waals surface area contributed by atoms with E-state index in [0.717, 1.165) is 30.2 Å². The minimum atomic E-state index is -1.50. The van der Waals surface area contributed by atoms with Gasteiger partial charge in [-0.25, -0.2) is 0 Å². The van der Waals surface area contributed by atoms with Gasteiger partial charge in [-0.2, -0.15) is 0 Å². The van der Waals surface area contributed by atoms with Crippen LogP contribution in [0.2, 0.25) is 0 Å². The van der Waals surface area contributed by atoms with Crippen LogP contribution in [0.25, 0.3) is 0 Å². The second kappa shape index (κ2) is 6.19. The first-order valence-corrected chi connectivity index (χ1v) is 9.14. The van der Waals surface area contributed by atoms with Gasteiger partial charge in [-0.3, -0.25) is 9.69 Å². The number of hydrogen-bond donors (Lipinski definition) is 0. The van der Waals surface area contributed by atoms with Crippen molar-refractivity contribution in [3.05, 3.63) is 34.3 Å². The van der Waals surface area contributed by atoms with E-state index in [2.05, 4.69) is 15.9 Å². The van der Waals surface area contributed by atoms with Crippen LogP contribution in [0.4, 0.5) is 0 Å². The van der Waals surface area contributed by atoms with Gasteiger partial charge < -0.3 is 9.64 Å². The number of amides is 1. The number of nitrogens with zero attached hydrogens (tertiary/aromatic N) is 2. The molecule has 0 aromatic heterocycles. The van der Waals surface area contributed by atoms with E-state index in [9.17, 15) is 4.79 Å². The fraction of sp³-hybridized carbons (Fsp3) is 0.611. The molecule has 2 saturated heterocycles. The molecule has 4 rings (SSSR count). The first kappa shape index (κ1) is 13.4. The second-order valence-electron chi connectivity index (χ2n) is 6.83. The molecule has 1 aliphatic carbocycles. The average Bonchev–Trinajstić information content (AvgIpc) is 3.43. The van der Waals surface area contributed by atoms with Crippen LogP contribution in [-0.2, 0) is 16.0 Å². The lowest BCUT2D eigenvalue weighted by Crippen LogP contribution is -2.59. The molecule has 4 nitrogen and oxygen atoms in total. The summed E-state index contributed by atoms with van der Waals surface area (Å²) < 4.78 is 24.0. The van der Waals surface area contributed by atoms with Gasteiger partial charge in [0, 0.05) is 32.8 Å². The third-order valence-corrected chi connectivity index (χ3v) is 5.60. The highest BCUT2D eigenvalue weighted by molar-refractivity contribution is 9.10. The van der Waals surface area contributed by atoms with Crippen molar-refractivity contribution in [2.75, 3.05) is 26.2 Å². The Labute approximate surface area is 148 Å². The number of ether oxygens (including phenoxy) is 1. The molecule has 5 heteroatoms. The van der Waals surface area contributed by atoms with Gasteiger partial charge in [-0.05, 0) is 43.4 Å². The first-order valence-electron chi connectivity index (χ1n) is 9.34. The zero-order chi connectivity index (χ0) is 17.7. The largest absolute Gasteiger partial charge is 0.363 e. The Balaban J connectivity index is 1.44. The van der Waals surface area contributed by atoms with Crippen LogP contribution in [0.3, 0.4) is 0 Å². The average molecular weight is 381 g/mol. The van der Waals surface area contributed by atoms with Crippen LogP contribution in [0.1, 0.15) is 34.0 Å². The van der Waals surface area contributed by atoms with Gasteiger partial charge in [-0.15, -0.1) is 0 Å². The number of benzene rings is 1. The Morgan fingerprint density at radius 2 is 1.96 bits per heavy atom. The Morgan fingerprint density at radius 3 is 2.61 bits per heavy atom. The van der Waals surface area contributed by atoms with E-state index in [1.807, 2.05) is 34.1 Å². The fourth-order valence-corrected chi connectivity index (χ4v) is 3.76. The molecule has 124 valence electrons. The molecule has 3 aliphatic rings. The van der Waals surface area contributed by atoms with E-state index in [0.29, 0.717) is 31.2 Å². The van der Waals surface area contributed by atoms with Gasteiger partial charge in [-0.1, -0.05) is 28.1 Å². The van der Waals surface area contributed by atoms with Gasteiger partial charge >= 0.3 is 0 Å². The second-order valence-corrected chi connectivity index (χ2v) is 7.75. The predicted octanol–water partition coefficient (Wildman–Crippen LogP) is 2.80. The Kier molecular flexibility index (Phi) is 3.60. The van der Waals surface area contributed by atoms with E-state index >= 15 is 0 Å². The lowest BCUT2D eigenvalue weighted by Gasteiger charge is -2.47. The fourth-order valence-electron chi connectivity index (χ4n) is 3.50. The lowest BCUT2D eigenvalue weighted by molar-refractivity contribution is -0.172. The topological polar surface area (TPSA) is 32.8 Å². The number of rotatable bonds is 3. The number of halogens is 1. The Hall–Kier alpha value is -0.910. The molecule has 2 aliphatic heterocycles. The van der Waals surface area contributed by atoms with Crippen molar-refractivity contribution in [1.82, 2.24) is 9.80 Å². The quantitative estimate of drug-likeness (QED) is 0.807. The van der Waals surface area contributed by atoms with Crippen LogP contribution in [0, 0.1) is 0 Å². The summed E-state index contributed by atoms with van der Waals surface area (Å²) in [6.07, 6.45) is 3.75. The SMILES string of the molecule is [2H]C([2H])(c1ccc(Br)cc1)N1CCC2(CC1)CN(C1CC1)C(=O)CO2. The molecular weight excluding hydrogens is 356 g/mol. The Morgan fingerprint density at radius 1 is 1.26 bits per heavy atom. The number of carbonyl (C=O) groups excluding carboxylic acids is 1. The summed E-state index contributed by atoms with van der Waals surface area (Å²) in [5.41, 5.74) is 0.383. The van der Waals surface area contributed by atoms with E-state index < -0.39 is 6.50 Å². The van der Waals surface area contributed by atoms with Gasteiger partial charge in [0.25, 0.3) is 0 Å². The van der Waals surface area contributed by atoms with Gasteiger partial charge in [0.15, 0.2) is 0 Å². The smallest absolute Gasteiger partial charge is 0.248 e. The lowest BCUT2D eigenvalue weighted by atomic mass is 9.89. The van der Waals surface area contributed by atoms with E-state index in [-0.39, 0.29) is 18.1 Å². The third kappa shape index (κ3) is 3.47. The van der Waals surface area contributed by atoms with Crippen LogP contribution < -0.4 is 0 Å². The van der Waals surface area contributed by atoms with E-state index in [4.69, 9.17) is 7.48 Å². The minimum Gasteiger partial charge on any atom is -0.363 e. The van der Waals surface area contributed by atoms with E-state index in [1.165, 1.54) is 0 Å². The van der Waals surface area contributed by atoms with Crippen molar-refractivity contribution in [3.8, 4) is 0 Å². The maximum absolute atomic E-state index is 12.1. The van der Waals surface area contributed by atoms with Crippen molar-refractivity contribution in [2.24, 2.45) is 0 Å². The summed E-state index contributed by atoms with van der Waals surface area (Å²) in [7, 11) is 0. The van der Waals surface area contributed by atoms with Crippen LogP contribution in [-0.4, -0.2) is 53.6 Å². The van der Waals surface area contributed by atoms with E-state index in [1.54, 1.807) is 0 Å². The summed E-state index contributed by atoms with van der Waals surface area (Å²) in [6, 6.07) is 7.84. The molecule has 0 radical (unpaired) electrons. The number of carbonyl (C=O) groups is 1. The Bertz CT molecular complexity index is 656. The van der Waals surface area contributed by atoms with Crippen molar-refractivity contribution in [3.63, 3.8) is 0 Å². The van der Waals surface area contributed by atoms with Crippen LogP contribution in [0.5, 0.6) is 0 Å². The molecule has 0 bridgehead atoms. The highest BCUT2D eigenvalue weighted by atomic mass is 79.9. The molecule has 23 heavy (non-hydrogen) atoms. The molecule has 1 aromatic carbocycles. The monoisotopic (exact) mass is 380 g/mol. The number of hydrogen-bond acceptors (Lipinski definition) is 3. The zero-order valence-electron chi connectivity index (χ0n) is 15.1. The molecule has 0 atom stereocenters. The molecule has 0 unspecified atom stereocenters. The van der Waals surface area contributed by atoms with Gasteiger partial charge in [0.2, 0.25) is 5.91 Å². The van der Waals surface area contributed by atoms with Crippen LogP contribution >= 0.6 is 15.9 Å². The predicted molar refractivity (Wildman–Crippen MR) is 92.1 cm³/mol. The van der Waals surface area contributed by atoms with Crippen molar-refractivity contribution >= 4 is 21.8 Å². The summed E-state index contributed by atoms with van der Waals surface area (Å²) >= 11 is 3.40. The summed E-state index contributed by atoms with van der Waals surface area (Å²) in [4.78, 5) is 16.0. The molecule has 0 N–H and O–H groups in total. The molecule has 3 fully saturated rings. The maximum Gasteiger partial charge on any atom is 0.248 e. The van der Waals surface area contributed by atoms with Crippen molar-refractivity contribution in [2.45, 2.75) is 43.8 Å². The third-order valence-electron chi connectivity index (χ3n) is 5.07. The zero-order valence-corrected chi connectivity index (χ0v) is 14.7. The highest BCUT2D eigenvalue weighted by Gasteiger charge is 2.46. The van der Waals surface area contributed by atoms with Crippen LogP contribution in [0.15, 0.2) is 28.7 Å². The molecular formula is C18H23BrN2O2. The minimum absolute atomic E-state index is 0.112. The maximum atomic E-state index is 12.1. The summed E-state index contributed by atoms with van der Waals surface area (Å²) in [6.45, 7) is 0.621. The molecule has 1 saturated carbocycles. The summed E-state index contributed by atoms with van der Waals surface area (Å²) in [5.74, 6) is 0.112. The number of morpholine rings is 1. The first-order chi connectivity index (χ1) is 11.9. The van der Waals surface area contributed by atoms with Gasteiger partial charge in [0.1, 0.15) is 6.61 Å². The number of piperidine rings is 1. The normalized spacial score (nSPS) is 27.0. The summed E-state index contributed by atoms with van der Waals surface area (Å²) in [5, 5.41) is 0. The molecule has 1 aromatic rings. The molecule has 1 spiro atoms. The number of likely N-dealkylation sites (tertiary alicyclic amines) is 1. The standard InChI is InChI=1S/C18H23BrN2O2/c19-15-3-1-14(2-4-15)11-20-9-7-18(8-10-20)13-21(16-5-6-16)17(22)12-23-18/h1-4,16H,5-13H2/i11D2. The molecule has 1 amide bonds. The van der Waals surface area contributed by atoms with Crippen molar-refractivity contribution in [1.29, 1.82) is 0 Å². The highest BCUT2D eigenvalue weighted by Crippen LogP contribution is 2.36.